The highest BCUT2D eigenvalue weighted by Gasteiger charge is 2.31. The van der Waals surface area contributed by atoms with Gasteiger partial charge in [0, 0.05) is 13.1 Å². The Labute approximate surface area is 109 Å². The standard InChI is InChI=1S/C12H24N4O2/c1-7-13-9(17)11(3,4)15-16-12(5,6)10(18)14-8-2/h7-8H2,1-6H3,(H,13,17)(H,14,18)/b16-15+. The van der Waals surface area contributed by atoms with Gasteiger partial charge in [-0.25, -0.2) is 0 Å². The number of rotatable bonds is 6. The Morgan fingerprint density at radius 1 is 0.833 bits per heavy atom. The minimum Gasteiger partial charge on any atom is -0.354 e. The maximum absolute atomic E-state index is 11.7. The molecular formula is C12H24N4O2. The van der Waals surface area contributed by atoms with E-state index >= 15 is 0 Å². The molecule has 6 nitrogen and oxygen atoms in total. The average Bonchev–Trinajstić information content (AvgIpc) is 2.27. The first kappa shape index (κ1) is 16.5. The third-order valence-corrected chi connectivity index (χ3v) is 2.34. The average molecular weight is 256 g/mol. The van der Waals surface area contributed by atoms with Crippen LogP contribution in [0.2, 0.25) is 0 Å². The first-order valence-electron chi connectivity index (χ1n) is 6.18. The summed E-state index contributed by atoms with van der Waals surface area (Å²) < 4.78 is 0. The van der Waals surface area contributed by atoms with Gasteiger partial charge in [-0.05, 0) is 41.5 Å². The van der Waals surface area contributed by atoms with E-state index in [1.54, 1.807) is 27.7 Å². The molecule has 0 aromatic heterocycles. The Bertz CT molecular complexity index is 303. The summed E-state index contributed by atoms with van der Waals surface area (Å²) in [5.41, 5.74) is -1.94. The SMILES string of the molecule is CCNC(=O)C(C)(C)/N=N/C(C)(C)C(=O)NCC. The fraction of sp³-hybridized carbons (Fsp3) is 0.833. The third kappa shape index (κ3) is 4.81. The van der Waals surface area contributed by atoms with Gasteiger partial charge in [0.1, 0.15) is 0 Å². The minimum atomic E-state index is -0.972. The summed E-state index contributed by atoms with van der Waals surface area (Å²) in [6, 6.07) is 0. The van der Waals surface area contributed by atoms with Crippen LogP contribution in [-0.2, 0) is 9.59 Å². The Hall–Kier alpha value is -1.46. The molecule has 6 heteroatoms. The zero-order valence-corrected chi connectivity index (χ0v) is 12.1. The lowest BCUT2D eigenvalue weighted by molar-refractivity contribution is -0.127. The number of hydrogen-bond acceptors (Lipinski definition) is 4. The summed E-state index contributed by atoms with van der Waals surface area (Å²) >= 11 is 0. The largest absolute Gasteiger partial charge is 0.354 e. The molecule has 0 spiro atoms. The Morgan fingerprint density at radius 3 is 1.33 bits per heavy atom. The molecule has 2 amide bonds. The number of likely N-dealkylation sites (N-methyl/N-ethyl adjacent to an activating group) is 2. The molecule has 0 atom stereocenters. The summed E-state index contributed by atoms with van der Waals surface area (Å²) in [6.45, 7) is 11.4. The van der Waals surface area contributed by atoms with Crippen LogP contribution >= 0.6 is 0 Å². The molecule has 0 fully saturated rings. The number of carbonyl (C=O) groups excluding carboxylic acids is 2. The first-order valence-corrected chi connectivity index (χ1v) is 6.18. The predicted octanol–water partition coefficient (Wildman–Crippen LogP) is 1.27. The van der Waals surface area contributed by atoms with Crippen molar-refractivity contribution < 1.29 is 9.59 Å². The predicted molar refractivity (Wildman–Crippen MR) is 70.4 cm³/mol. The van der Waals surface area contributed by atoms with Crippen molar-refractivity contribution in [1.82, 2.24) is 10.6 Å². The number of nitrogens with zero attached hydrogens (tertiary/aromatic N) is 2. The summed E-state index contributed by atoms with van der Waals surface area (Å²) in [5, 5.41) is 13.4. The van der Waals surface area contributed by atoms with Gasteiger partial charge >= 0.3 is 0 Å². The van der Waals surface area contributed by atoms with E-state index in [4.69, 9.17) is 0 Å². The van der Waals surface area contributed by atoms with Gasteiger partial charge in [-0.3, -0.25) is 9.59 Å². The van der Waals surface area contributed by atoms with Crippen molar-refractivity contribution >= 4 is 11.8 Å². The van der Waals surface area contributed by atoms with Crippen molar-refractivity contribution in [3.63, 3.8) is 0 Å². The van der Waals surface area contributed by atoms with E-state index in [0.717, 1.165) is 0 Å². The first-order chi connectivity index (χ1) is 8.17. The van der Waals surface area contributed by atoms with E-state index in [2.05, 4.69) is 20.9 Å². The zero-order chi connectivity index (χ0) is 14.4. The Kier molecular flexibility index (Phi) is 5.94. The topological polar surface area (TPSA) is 82.9 Å². The summed E-state index contributed by atoms with van der Waals surface area (Å²) in [6.07, 6.45) is 0. The van der Waals surface area contributed by atoms with Crippen LogP contribution in [0.5, 0.6) is 0 Å². The van der Waals surface area contributed by atoms with E-state index in [1.807, 2.05) is 13.8 Å². The van der Waals surface area contributed by atoms with E-state index in [-0.39, 0.29) is 11.8 Å². The molecule has 0 unspecified atom stereocenters. The molecule has 0 heterocycles. The lowest BCUT2D eigenvalue weighted by atomic mass is 10.0. The highest BCUT2D eigenvalue weighted by Crippen LogP contribution is 2.16. The van der Waals surface area contributed by atoms with Gasteiger partial charge in [0.25, 0.3) is 0 Å². The van der Waals surface area contributed by atoms with Crippen molar-refractivity contribution in [2.75, 3.05) is 13.1 Å². The molecule has 0 aliphatic rings. The van der Waals surface area contributed by atoms with Gasteiger partial charge in [0.2, 0.25) is 11.8 Å². The van der Waals surface area contributed by atoms with Crippen molar-refractivity contribution in [3.8, 4) is 0 Å². The maximum Gasteiger partial charge on any atom is 0.249 e. The molecule has 0 aliphatic carbocycles. The quantitative estimate of drug-likeness (QED) is 0.701. The van der Waals surface area contributed by atoms with Gasteiger partial charge in [0.05, 0.1) is 0 Å². The number of nitrogens with one attached hydrogen (secondary N) is 2. The van der Waals surface area contributed by atoms with Crippen molar-refractivity contribution in [3.05, 3.63) is 0 Å². The van der Waals surface area contributed by atoms with Gasteiger partial charge in [-0.1, -0.05) is 0 Å². The summed E-state index contributed by atoms with van der Waals surface area (Å²) in [5.74, 6) is -0.416. The third-order valence-electron chi connectivity index (χ3n) is 2.34. The molecule has 104 valence electrons. The van der Waals surface area contributed by atoms with Crippen molar-refractivity contribution in [2.24, 2.45) is 10.2 Å². The monoisotopic (exact) mass is 256 g/mol. The molecule has 0 rings (SSSR count). The highest BCUT2D eigenvalue weighted by atomic mass is 16.2. The van der Waals surface area contributed by atoms with Crippen LogP contribution in [0.4, 0.5) is 0 Å². The number of azo groups is 1. The molecule has 0 aliphatic heterocycles. The molecule has 0 saturated carbocycles. The maximum atomic E-state index is 11.7. The van der Waals surface area contributed by atoms with Gasteiger partial charge in [0.15, 0.2) is 11.1 Å². The van der Waals surface area contributed by atoms with Crippen LogP contribution in [0.3, 0.4) is 0 Å². The van der Waals surface area contributed by atoms with E-state index < -0.39 is 11.1 Å². The molecule has 18 heavy (non-hydrogen) atoms. The minimum absolute atomic E-state index is 0.208. The Morgan fingerprint density at radius 2 is 1.11 bits per heavy atom. The number of carbonyl (C=O) groups is 2. The molecule has 0 radical (unpaired) electrons. The van der Waals surface area contributed by atoms with Crippen LogP contribution in [0.15, 0.2) is 10.2 Å². The smallest absolute Gasteiger partial charge is 0.249 e. The lowest BCUT2D eigenvalue weighted by Crippen LogP contribution is -2.43. The summed E-state index contributed by atoms with van der Waals surface area (Å²) in [7, 11) is 0. The second kappa shape index (κ2) is 6.47. The molecule has 0 bridgehead atoms. The summed E-state index contributed by atoms with van der Waals surface area (Å²) in [4.78, 5) is 23.4. The molecular weight excluding hydrogens is 232 g/mol. The fourth-order valence-corrected chi connectivity index (χ4v) is 1.09. The lowest BCUT2D eigenvalue weighted by Gasteiger charge is -2.21. The van der Waals surface area contributed by atoms with Crippen molar-refractivity contribution in [2.45, 2.75) is 52.6 Å². The Balaban J connectivity index is 4.80. The second-order valence-electron chi connectivity index (χ2n) is 5.04. The highest BCUT2D eigenvalue weighted by molar-refractivity contribution is 5.86. The zero-order valence-electron chi connectivity index (χ0n) is 12.1. The van der Waals surface area contributed by atoms with Crippen LogP contribution in [-0.4, -0.2) is 36.0 Å². The van der Waals surface area contributed by atoms with Gasteiger partial charge in [-0.15, -0.1) is 0 Å². The van der Waals surface area contributed by atoms with Crippen LogP contribution in [0.25, 0.3) is 0 Å². The van der Waals surface area contributed by atoms with Crippen molar-refractivity contribution in [1.29, 1.82) is 0 Å². The van der Waals surface area contributed by atoms with E-state index in [0.29, 0.717) is 13.1 Å². The van der Waals surface area contributed by atoms with Gasteiger partial charge < -0.3 is 10.6 Å². The van der Waals surface area contributed by atoms with Gasteiger partial charge in [-0.2, -0.15) is 10.2 Å². The molecule has 0 saturated heterocycles. The van der Waals surface area contributed by atoms with Crippen LogP contribution < -0.4 is 10.6 Å². The van der Waals surface area contributed by atoms with Crippen LogP contribution in [0.1, 0.15) is 41.5 Å². The molecule has 2 N–H and O–H groups in total. The van der Waals surface area contributed by atoms with E-state index in [9.17, 15) is 9.59 Å². The fourth-order valence-electron chi connectivity index (χ4n) is 1.09. The molecule has 0 aromatic carbocycles. The second-order valence-corrected chi connectivity index (χ2v) is 5.04. The van der Waals surface area contributed by atoms with E-state index in [1.165, 1.54) is 0 Å². The normalized spacial score (nSPS) is 12.6. The van der Waals surface area contributed by atoms with Crippen LogP contribution in [0, 0.1) is 0 Å². The molecule has 0 aromatic rings. The number of hydrogen-bond donors (Lipinski definition) is 2. The number of amides is 2.